The number of ether oxygens (including phenoxy) is 1. The standard InChI is InChI=1S/C17H18FNO2/c1-10-5-7-14(18)13(9-10)17(20)19-15-8-6-11(2)16(21-4)12(15)3/h5-9H,1-4H3,(H,19,20). The Hall–Kier alpha value is -2.36. The molecular weight excluding hydrogens is 269 g/mol. The van der Waals surface area contributed by atoms with Gasteiger partial charge in [-0.25, -0.2) is 4.39 Å². The zero-order valence-corrected chi connectivity index (χ0v) is 12.6. The van der Waals surface area contributed by atoms with Gasteiger partial charge in [-0.15, -0.1) is 0 Å². The minimum absolute atomic E-state index is 0.0361. The van der Waals surface area contributed by atoms with Gasteiger partial charge in [0.05, 0.1) is 12.7 Å². The number of nitrogens with one attached hydrogen (secondary N) is 1. The molecule has 0 aromatic heterocycles. The maximum Gasteiger partial charge on any atom is 0.258 e. The molecule has 2 rings (SSSR count). The molecule has 2 aromatic carbocycles. The number of methoxy groups -OCH3 is 1. The van der Waals surface area contributed by atoms with Crippen molar-refractivity contribution in [2.75, 3.05) is 12.4 Å². The lowest BCUT2D eigenvalue weighted by Crippen LogP contribution is -2.15. The van der Waals surface area contributed by atoms with E-state index in [4.69, 9.17) is 4.74 Å². The summed E-state index contributed by atoms with van der Waals surface area (Å²) in [6.45, 7) is 5.60. The molecule has 0 aliphatic carbocycles. The number of carbonyl (C=O) groups is 1. The summed E-state index contributed by atoms with van der Waals surface area (Å²) in [5.41, 5.74) is 3.28. The first kappa shape index (κ1) is 15.0. The zero-order chi connectivity index (χ0) is 15.6. The van der Waals surface area contributed by atoms with Gasteiger partial charge in [-0.3, -0.25) is 4.79 Å². The average molecular weight is 287 g/mol. The highest BCUT2D eigenvalue weighted by molar-refractivity contribution is 6.05. The predicted octanol–water partition coefficient (Wildman–Crippen LogP) is 4.01. The minimum Gasteiger partial charge on any atom is -0.496 e. The molecule has 0 unspecified atom stereocenters. The van der Waals surface area contributed by atoms with Gasteiger partial charge in [0.15, 0.2) is 0 Å². The molecule has 0 bridgehead atoms. The van der Waals surface area contributed by atoms with Crippen molar-refractivity contribution in [3.8, 4) is 5.75 Å². The summed E-state index contributed by atoms with van der Waals surface area (Å²) in [4.78, 5) is 12.2. The maximum absolute atomic E-state index is 13.7. The number of aryl methyl sites for hydroxylation is 2. The van der Waals surface area contributed by atoms with Crippen LogP contribution in [-0.4, -0.2) is 13.0 Å². The highest BCUT2D eigenvalue weighted by Gasteiger charge is 2.15. The normalized spacial score (nSPS) is 10.3. The molecule has 110 valence electrons. The zero-order valence-electron chi connectivity index (χ0n) is 12.6. The molecule has 1 N–H and O–H groups in total. The van der Waals surface area contributed by atoms with E-state index in [1.165, 1.54) is 12.1 Å². The SMILES string of the molecule is COc1c(C)ccc(NC(=O)c2cc(C)ccc2F)c1C. The smallest absolute Gasteiger partial charge is 0.258 e. The third kappa shape index (κ3) is 3.05. The molecule has 0 saturated carbocycles. The van der Waals surface area contributed by atoms with E-state index in [1.807, 2.05) is 26.8 Å². The Balaban J connectivity index is 2.34. The summed E-state index contributed by atoms with van der Waals surface area (Å²) in [7, 11) is 1.58. The third-order valence-electron chi connectivity index (χ3n) is 3.42. The van der Waals surface area contributed by atoms with Crippen molar-refractivity contribution in [3.05, 3.63) is 58.4 Å². The van der Waals surface area contributed by atoms with Crippen LogP contribution in [0.4, 0.5) is 10.1 Å². The van der Waals surface area contributed by atoms with Gasteiger partial charge in [0.25, 0.3) is 5.91 Å². The summed E-state index contributed by atoms with van der Waals surface area (Å²) in [6, 6.07) is 8.11. The molecule has 0 aliphatic rings. The van der Waals surface area contributed by atoms with Gasteiger partial charge in [0, 0.05) is 11.3 Å². The highest BCUT2D eigenvalue weighted by Crippen LogP contribution is 2.29. The number of rotatable bonds is 3. The molecule has 0 saturated heterocycles. The van der Waals surface area contributed by atoms with E-state index in [0.29, 0.717) is 5.69 Å². The van der Waals surface area contributed by atoms with E-state index < -0.39 is 11.7 Å². The number of anilines is 1. The van der Waals surface area contributed by atoms with Crippen molar-refractivity contribution in [2.24, 2.45) is 0 Å². The van der Waals surface area contributed by atoms with Crippen LogP contribution in [0, 0.1) is 26.6 Å². The van der Waals surface area contributed by atoms with Gasteiger partial charge >= 0.3 is 0 Å². The fourth-order valence-corrected chi connectivity index (χ4v) is 2.28. The van der Waals surface area contributed by atoms with Crippen molar-refractivity contribution in [1.29, 1.82) is 0 Å². The first-order chi connectivity index (χ1) is 9.93. The lowest BCUT2D eigenvalue weighted by molar-refractivity contribution is 0.102. The lowest BCUT2D eigenvalue weighted by Gasteiger charge is -2.14. The van der Waals surface area contributed by atoms with Crippen molar-refractivity contribution in [1.82, 2.24) is 0 Å². The Labute approximate surface area is 123 Å². The lowest BCUT2D eigenvalue weighted by atomic mass is 10.1. The second kappa shape index (κ2) is 5.95. The number of hydrogen-bond donors (Lipinski definition) is 1. The monoisotopic (exact) mass is 287 g/mol. The van der Waals surface area contributed by atoms with Crippen LogP contribution in [0.25, 0.3) is 0 Å². The summed E-state index contributed by atoms with van der Waals surface area (Å²) in [6.07, 6.45) is 0. The van der Waals surface area contributed by atoms with Crippen molar-refractivity contribution in [3.63, 3.8) is 0 Å². The molecule has 4 heteroatoms. The maximum atomic E-state index is 13.7. The highest BCUT2D eigenvalue weighted by atomic mass is 19.1. The van der Waals surface area contributed by atoms with Gasteiger partial charge in [0.2, 0.25) is 0 Å². The quantitative estimate of drug-likeness (QED) is 0.926. The molecule has 3 nitrogen and oxygen atoms in total. The second-order valence-corrected chi connectivity index (χ2v) is 5.03. The van der Waals surface area contributed by atoms with Gasteiger partial charge in [-0.05, 0) is 44.5 Å². The fraction of sp³-hybridized carbons (Fsp3) is 0.235. The molecule has 0 radical (unpaired) electrons. The minimum atomic E-state index is -0.533. The van der Waals surface area contributed by atoms with Crippen LogP contribution in [0.1, 0.15) is 27.0 Å². The first-order valence-electron chi connectivity index (χ1n) is 6.65. The van der Waals surface area contributed by atoms with Gasteiger partial charge < -0.3 is 10.1 Å². The van der Waals surface area contributed by atoms with Crippen LogP contribution < -0.4 is 10.1 Å². The largest absolute Gasteiger partial charge is 0.496 e. The number of benzene rings is 2. The Morgan fingerprint density at radius 1 is 1.14 bits per heavy atom. The molecule has 0 spiro atoms. The van der Waals surface area contributed by atoms with Crippen LogP contribution in [0.15, 0.2) is 30.3 Å². The van der Waals surface area contributed by atoms with E-state index in [0.717, 1.165) is 22.4 Å². The van der Waals surface area contributed by atoms with Crippen LogP contribution in [0.2, 0.25) is 0 Å². The van der Waals surface area contributed by atoms with Crippen molar-refractivity contribution >= 4 is 11.6 Å². The van der Waals surface area contributed by atoms with E-state index in [-0.39, 0.29) is 5.56 Å². The number of hydrogen-bond acceptors (Lipinski definition) is 2. The van der Waals surface area contributed by atoms with Gasteiger partial charge in [-0.2, -0.15) is 0 Å². The van der Waals surface area contributed by atoms with E-state index in [9.17, 15) is 9.18 Å². The Morgan fingerprint density at radius 3 is 2.52 bits per heavy atom. The van der Waals surface area contributed by atoms with Crippen LogP contribution >= 0.6 is 0 Å². The van der Waals surface area contributed by atoms with Crippen LogP contribution in [-0.2, 0) is 0 Å². The molecule has 1 amide bonds. The number of carbonyl (C=O) groups excluding carboxylic acids is 1. The summed E-state index contributed by atoms with van der Waals surface area (Å²) < 4.78 is 19.1. The summed E-state index contributed by atoms with van der Waals surface area (Å²) >= 11 is 0. The Bertz CT molecular complexity index is 695. The summed E-state index contributed by atoms with van der Waals surface area (Å²) in [5, 5.41) is 2.74. The molecule has 2 aromatic rings. The molecular formula is C17H18FNO2. The summed E-state index contributed by atoms with van der Waals surface area (Å²) in [5.74, 6) is -0.280. The Kier molecular flexibility index (Phi) is 4.26. The van der Waals surface area contributed by atoms with Crippen LogP contribution in [0.5, 0.6) is 5.75 Å². The van der Waals surface area contributed by atoms with E-state index in [1.54, 1.807) is 19.2 Å². The number of halogens is 1. The molecule has 0 fully saturated rings. The predicted molar refractivity (Wildman–Crippen MR) is 81.6 cm³/mol. The van der Waals surface area contributed by atoms with Crippen molar-refractivity contribution in [2.45, 2.75) is 20.8 Å². The Morgan fingerprint density at radius 2 is 1.86 bits per heavy atom. The van der Waals surface area contributed by atoms with Crippen LogP contribution in [0.3, 0.4) is 0 Å². The average Bonchev–Trinajstić information content (AvgIpc) is 2.45. The molecule has 0 heterocycles. The molecule has 0 aliphatic heterocycles. The molecule has 21 heavy (non-hydrogen) atoms. The van der Waals surface area contributed by atoms with E-state index in [2.05, 4.69) is 5.32 Å². The van der Waals surface area contributed by atoms with Gasteiger partial charge in [0.1, 0.15) is 11.6 Å². The first-order valence-corrected chi connectivity index (χ1v) is 6.65. The molecule has 0 atom stereocenters. The van der Waals surface area contributed by atoms with Gasteiger partial charge in [-0.1, -0.05) is 17.7 Å². The van der Waals surface area contributed by atoms with Crippen molar-refractivity contribution < 1.29 is 13.9 Å². The topological polar surface area (TPSA) is 38.3 Å². The fourth-order valence-electron chi connectivity index (χ4n) is 2.28. The van der Waals surface area contributed by atoms with E-state index >= 15 is 0 Å². The third-order valence-corrected chi connectivity index (χ3v) is 3.42. The number of amides is 1. The second-order valence-electron chi connectivity index (χ2n) is 5.03.